The average Bonchev–Trinajstić information content (AvgIpc) is 2.60. The summed E-state index contributed by atoms with van der Waals surface area (Å²) in [5.41, 5.74) is 12.6. The van der Waals surface area contributed by atoms with Gasteiger partial charge in [0.05, 0.1) is 17.4 Å². The van der Waals surface area contributed by atoms with E-state index in [1.54, 1.807) is 12.1 Å². The zero-order chi connectivity index (χ0) is 18.4. The topological polar surface area (TPSA) is 139 Å². The number of piperidine rings is 1. The molecule has 0 bridgehead atoms. The van der Waals surface area contributed by atoms with Crippen molar-refractivity contribution < 1.29 is 19.5 Å². The van der Waals surface area contributed by atoms with Gasteiger partial charge in [-0.15, -0.1) is 0 Å². The average molecular weight is 348 g/mol. The lowest BCUT2D eigenvalue weighted by Gasteiger charge is -2.33. The normalized spacial score (nSPS) is 16.3. The van der Waals surface area contributed by atoms with Gasteiger partial charge in [-0.2, -0.15) is 0 Å². The Balaban J connectivity index is 2.02. The van der Waals surface area contributed by atoms with Gasteiger partial charge < -0.3 is 26.8 Å². The first-order chi connectivity index (χ1) is 11.9. The molecular weight excluding hydrogens is 324 g/mol. The summed E-state index contributed by atoms with van der Waals surface area (Å²) in [7, 11) is 0. The van der Waals surface area contributed by atoms with Crippen molar-refractivity contribution in [2.45, 2.75) is 31.7 Å². The van der Waals surface area contributed by atoms with Gasteiger partial charge in [0.1, 0.15) is 0 Å². The lowest BCUT2D eigenvalue weighted by atomic mass is 9.96. The minimum Gasteiger partial charge on any atom is -0.481 e. The Morgan fingerprint density at radius 1 is 1.24 bits per heavy atom. The van der Waals surface area contributed by atoms with Crippen molar-refractivity contribution in [2.75, 3.05) is 23.3 Å². The Morgan fingerprint density at radius 2 is 1.88 bits per heavy atom. The highest BCUT2D eigenvalue weighted by Gasteiger charge is 2.25. The molecule has 1 heterocycles. The summed E-state index contributed by atoms with van der Waals surface area (Å²) >= 11 is 0. The third-order valence-electron chi connectivity index (χ3n) is 4.41. The first kappa shape index (κ1) is 18.7. The molecule has 6 N–H and O–H groups in total. The summed E-state index contributed by atoms with van der Waals surface area (Å²) in [6, 6.07) is 6.46. The van der Waals surface area contributed by atoms with Crippen molar-refractivity contribution in [1.29, 1.82) is 0 Å². The molecule has 8 heteroatoms. The van der Waals surface area contributed by atoms with E-state index in [9.17, 15) is 14.4 Å². The van der Waals surface area contributed by atoms with Gasteiger partial charge in [-0.3, -0.25) is 14.4 Å². The summed E-state index contributed by atoms with van der Waals surface area (Å²) in [6.45, 7) is 1.34. The lowest BCUT2D eigenvalue weighted by molar-refractivity contribution is -0.137. The summed E-state index contributed by atoms with van der Waals surface area (Å²) in [5, 5.41) is 11.5. The maximum atomic E-state index is 12.2. The molecule has 1 saturated heterocycles. The standard InChI is InChI=1S/C17H24N4O4/c18-12(5-6-15(22)23)17(25)20-13-3-1-2-4-14(13)21-9-7-11(8-10-21)16(19)24/h1-4,11-12H,5-10,18H2,(H2,19,24)(H,20,25)(H,22,23)/t12-/m0/s1. The van der Waals surface area contributed by atoms with Crippen LogP contribution in [0.3, 0.4) is 0 Å². The molecule has 0 radical (unpaired) electrons. The molecule has 1 aromatic carbocycles. The first-order valence-corrected chi connectivity index (χ1v) is 8.30. The molecule has 0 aliphatic carbocycles. The highest BCUT2D eigenvalue weighted by atomic mass is 16.4. The molecule has 1 aromatic rings. The predicted octanol–water partition coefficient (Wildman–Crippen LogP) is 0.519. The summed E-state index contributed by atoms with van der Waals surface area (Å²) < 4.78 is 0. The van der Waals surface area contributed by atoms with E-state index in [2.05, 4.69) is 10.2 Å². The summed E-state index contributed by atoms with van der Waals surface area (Å²) in [4.78, 5) is 36.2. The van der Waals surface area contributed by atoms with Gasteiger partial charge in [-0.1, -0.05) is 12.1 Å². The maximum absolute atomic E-state index is 12.2. The Bertz CT molecular complexity index is 641. The third-order valence-corrected chi connectivity index (χ3v) is 4.41. The second-order valence-corrected chi connectivity index (χ2v) is 6.21. The first-order valence-electron chi connectivity index (χ1n) is 8.30. The molecule has 2 amide bonds. The van der Waals surface area contributed by atoms with Crippen LogP contribution in [-0.4, -0.2) is 42.0 Å². The number of hydrogen-bond acceptors (Lipinski definition) is 5. The number of hydrogen-bond donors (Lipinski definition) is 4. The molecule has 0 aromatic heterocycles. The minimum absolute atomic E-state index is 0.0767. The number of benzene rings is 1. The zero-order valence-corrected chi connectivity index (χ0v) is 14.0. The maximum Gasteiger partial charge on any atom is 0.303 e. The fourth-order valence-electron chi connectivity index (χ4n) is 2.90. The highest BCUT2D eigenvalue weighted by molar-refractivity contribution is 5.97. The number of nitrogens with two attached hydrogens (primary N) is 2. The summed E-state index contributed by atoms with van der Waals surface area (Å²) in [6.07, 6.45) is 1.27. The molecular formula is C17H24N4O4. The number of primary amides is 1. The van der Waals surface area contributed by atoms with Crippen LogP contribution in [0.4, 0.5) is 11.4 Å². The van der Waals surface area contributed by atoms with Crippen LogP contribution in [0.1, 0.15) is 25.7 Å². The highest BCUT2D eigenvalue weighted by Crippen LogP contribution is 2.29. The molecule has 0 spiro atoms. The number of rotatable bonds is 7. The molecule has 1 aliphatic heterocycles. The van der Waals surface area contributed by atoms with Gasteiger partial charge in [0.25, 0.3) is 0 Å². The van der Waals surface area contributed by atoms with E-state index < -0.39 is 17.9 Å². The second kappa shape index (κ2) is 8.48. The van der Waals surface area contributed by atoms with Gasteiger partial charge in [-0.05, 0) is 31.4 Å². The van der Waals surface area contributed by atoms with Crippen LogP contribution in [0.25, 0.3) is 0 Å². The number of para-hydroxylation sites is 2. The van der Waals surface area contributed by atoms with Crippen molar-refractivity contribution >= 4 is 29.2 Å². The lowest BCUT2D eigenvalue weighted by Crippen LogP contribution is -2.39. The van der Waals surface area contributed by atoms with Crippen LogP contribution in [0.5, 0.6) is 0 Å². The summed E-state index contributed by atoms with van der Waals surface area (Å²) in [5.74, 6) is -1.78. The molecule has 0 unspecified atom stereocenters. The monoisotopic (exact) mass is 348 g/mol. The van der Waals surface area contributed by atoms with Gasteiger partial charge in [0.2, 0.25) is 11.8 Å². The van der Waals surface area contributed by atoms with E-state index in [1.807, 2.05) is 12.1 Å². The number of nitrogens with zero attached hydrogens (tertiary/aromatic N) is 1. The smallest absolute Gasteiger partial charge is 0.303 e. The largest absolute Gasteiger partial charge is 0.481 e. The van der Waals surface area contributed by atoms with E-state index in [4.69, 9.17) is 16.6 Å². The number of carbonyl (C=O) groups excluding carboxylic acids is 2. The van der Waals surface area contributed by atoms with Crippen LogP contribution in [0, 0.1) is 5.92 Å². The van der Waals surface area contributed by atoms with Gasteiger partial charge >= 0.3 is 5.97 Å². The van der Waals surface area contributed by atoms with E-state index in [-0.39, 0.29) is 24.7 Å². The molecule has 0 saturated carbocycles. The number of carboxylic acids is 1. The van der Waals surface area contributed by atoms with E-state index in [1.165, 1.54) is 0 Å². The van der Waals surface area contributed by atoms with Crippen molar-refractivity contribution in [3.63, 3.8) is 0 Å². The van der Waals surface area contributed by atoms with Crippen molar-refractivity contribution in [1.82, 2.24) is 0 Å². The van der Waals surface area contributed by atoms with Crippen molar-refractivity contribution in [2.24, 2.45) is 17.4 Å². The third kappa shape index (κ3) is 5.18. The van der Waals surface area contributed by atoms with Gasteiger partial charge in [0.15, 0.2) is 0 Å². The minimum atomic E-state index is -0.985. The number of anilines is 2. The second-order valence-electron chi connectivity index (χ2n) is 6.21. The van der Waals surface area contributed by atoms with Crippen LogP contribution in [0.2, 0.25) is 0 Å². The fourth-order valence-corrected chi connectivity index (χ4v) is 2.90. The molecule has 8 nitrogen and oxygen atoms in total. The molecule has 1 fully saturated rings. The van der Waals surface area contributed by atoms with Crippen LogP contribution in [0.15, 0.2) is 24.3 Å². The molecule has 25 heavy (non-hydrogen) atoms. The van der Waals surface area contributed by atoms with E-state index in [0.29, 0.717) is 31.6 Å². The van der Waals surface area contributed by atoms with E-state index >= 15 is 0 Å². The van der Waals surface area contributed by atoms with Crippen LogP contribution >= 0.6 is 0 Å². The quantitative estimate of drug-likeness (QED) is 0.566. The fraction of sp³-hybridized carbons (Fsp3) is 0.471. The number of carboxylic acid groups (broad SMARTS) is 1. The number of aliphatic carboxylic acids is 1. The van der Waals surface area contributed by atoms with Crippen LogP contribution < -0.4 is 21.7 Å². The Morgan fingerprint density at radius 3 is 2.48 bits per heavy atom. The SMILES string of the molecule is NC(=O)C1CCN(c2ccccc2NC(=O)[C@@H](N)CCC(=O)O)CC1. The number of carbonyl (C=O) groups is 3. The molecule has 2 rings (SSSR count). The number of amides is 2. The van der Waals surface area contributed by atoms with Crippen LogP contribution in [-0.2, 0) is 14.4 Å². The molecule has 1 atom stereocenters. The predicted molar refractivity (Wildman–Crippen MR) is 94.0 cm³/mol. The zero-order valence-electron chi connectivity index (χ0n) is 14.0. The van der Waals surface area contributed by atoms with Gasteiger partial charge in [-0.25, -0.2) is 0 Å². The molecule has 136 valence electrons. The van der Waals surface area contributed by atoms with Gasteiger partial charge in [0, 0.05) is 25.4 Å². The molecule has 1 aliphatic rings. The van der Waals surface area contributed by atoms with Crippen molar-refractivity contribution in [3.05, 3.63) is 24.3 Å². The number of nitrogens with one attached hydrogen (secondary N) is 1. The Kier molecular flexibility index (Phi) is 6.35. The Hall–Kier alpha value is -2.61. The Labute approximate surface area is 146 Å². The van der Waals surface area contributed by atoms with Crippen molar-refractivity contribution in [3.8, 4) is 0 Å². The van der Waals surface area contributed by atoms with E-state index in [0.717, 1.165) is 5.69 Å².